The van der Waals surface area contributed by atoms with Crippen molar-refractivity contribution in [3.05, 3.63) is 23.9 Å². The minimum atomic E-state index is -0.555. The zero-order valence-electron chi connectivity index (χ0n) is 13.4. The molecule has 2 rings (SSSR count). The Morgan fingerprint density at radius 2 is 2.26 bits per heavy atom. The average Bonchev–Trinajstić information content (AvgIpc) is 2.54. The molecule has 2 heterocycles. The molecule has 0 aliphatic heterocycles. The molecule has 7 nitrogen and oxygen atoms in total. The van der Waals surface area contributed by atoms with Gasteiger partial charge in [-0.15, -0.1) is 0 Å². The standard InChI is InChI=1S/C16H22N4O3/c1-3-6-10(9-21)19-14-12(16(22)23-4-2)15(17)20-11-7-5-8-18-13(11)14/h5,7-8,10,21H,3-4,6,9H2,1-2H3,(H3,17,19,20)/t10-/m1/s1. The Morgan fingerprint density at radius 1 is 1.48 bits per heavy atom. The molecule has 0 fully saturated rings. The Labute approximate surface area is 134 Å². The number of fused-ring (bicyclic) bond motifs is 1. The second-order valence-electron chi connectivity index (χ2n) is 5.15. The van der Waals surface area contributed by atoms with Gasteiger partial charge in [0.15, 0.2) is 0 Å². The number of nitrogen functional groups attached to an aromatic ring is 1. The fraction of sp³-hybridized carbons (Fsp3) is 0.438. The van der Waals surface area contributed by atoms with Crippen LogP contribution in [-0.4, -0.2) is 40.3 Å². The Hall–Kier alpha value is -2.41. The van der Waals surface area contributed by atoms with Gasteiger partial charge in [0.05, 0.1) is 24.4 Å². The Bertz CT molecular complexity index is 690. The summed E-state index contributed by atoms with van der Waals surface area (Å²) in [5.74, 6) is -0.472. The van der Waals surface area contributed by atoms with E-state index in [0.29, 0.717) is 16.7 Å². The molecule has 124 valence electrons. The molecule has 0 aliphatic rings. The third-order valence-electron chi connectivity index (χ3n) is 3.46. The smallest absolute Gasteiger partial charge is 0.344 e. The number of rotatable bonds is 7. The number of aliphatic hydroxyl groups is 1. The molecule has 4 N–H and O–H groups in total. The van der Waals surface area contributed by atoms with Gasteiger partial charge in [-0.1, -0.05) is 13.3 Å². The molecule has 7 heteroatoms. The van der Waals surface area contributed by atoms with Crippen LogP contribution in [0.4, 0.5) is 11.5 Å². The molecule has 0 spiro atoms. The van der Waals surface area contributed by atoms with Crippen molar-refractivity contribution in [1.29, 1.82) is 0 Å². The van der Waals surface area contributed by atoms with Gasteiger partial charge >= 0.3 is 5.97 Å². The van der Waals surface area contributed by atoms with Crippen LogP contribution >= 0.6 is 0 Å². The first-order valence-corrected chi connectivity index (χ1v) is 7.71. The van der Waals surface area contributed by atoms with Crippen molar-refractivity contribution >= 4 is 28.5 Å². The maximum atomic E-state index is 12.3. The van der Waals surface area contributed by atoms with Crippen molar-refractivity contribution < 1.29 is 14.6 Å². The molecule has 23 heavy (non-hydrogen) atoms. The predicted octanol–water partition coefficient (Wildman–Crippen LogP) is 1.96. The number of aliphatic hydroxyl groups excluding tert-OH is 1. The zero-order valence-corrected chi connectivity index (χ0v) is 13.4. The summed E-state index contributed by atoms with van der Waals surface area (Å²) in [6.07, 6.45) is 3.25. The number of carbonyl (C=O) groups excluding carboxylic acids is 1. The number of nitrogens with one attached hydrogen (secondary N) is 1. The summed E-state index contributed by atoms with van der Waals surface area (Å²) < 4.78 is 5.08. The van der Waals surface area contributed by atoms with Crippen LogP contribution in [-0.2, 0) is 4.74 Å². The number of esters is 1. The molecular weight excluding hydrogens is 296 g/mol. The molecule has 0 aliphatic carbocycles. The van der Waals surface area contributed by atoms with Crippen LogP contribution < -0.4 is 11.1 Å². The first kappa shape index (κ1) is 17.0. The monoisotopic (exact) mass is 318 g/mol. The highest BCUT2D eigenvalue weighted by Crippen LogP contribution is 2.30. The van der Waals surface area contributed by atoms with Gasteiger partial charge in [-0.25, -0.2) is 9.78 Å². The minimum Gasteiger partial charge on any atom is -0.462 e. The highest BCUT2D eigenvalue weighted by Gasteiger charge is 2.23. The fourth-order valence-electron chi connectivity index (χ4n) is 2.42. The van der Waals surface area contributed by atoms with E-state index in [0.717, 1.165) is 12.8 Å². The Balaban J connectivity index is 2.60. The van der Waals surface area contributed by atoms with Gasteiger partial charge in [0.1, 0.15) is 16.9 Å². The van der Waals surface area contributed by atoms with E-state index in [4.69, 9.17) is 10.5 Å². The second kappa shape index (κ2) is 7.73. The molecule has 2 aromatic rings. The Kier molecular flexibility index (Phi) is 5.70. The van der Waals surface area contributed by atoms with E-state index in [-0.39, 0.29) is 30.6 Å². The summed E-state index contributed by atoms with van der Waals surface area (Å²) in [5.41, 5.74) is 7.69. The number of nitrogens with two attached hydrogens (primary N) is 1. The molecule has 0 saturated carbocycles. The lowest BCUT2D eigenvalue weighted by Gasteiger charge is -2.20. The van der Waals surface area contributed by atoms with Gasteiger partial charge in [-0.2, -0.15) is 0 Å². The molecule has 0 bridgehead atoms. The van der Waals surface area contributed by atoms with E-state index in [1.54, 1.807) is 25.3 Å². The van der Waals surface area contributed by atoms with Gasteiger partial charge in [-0.05, 0) is 25.5 Å². The van der Waals surface area contributed by atoms with Gasteiger partial charge in [-0.3, -0.25) is 4.98 Å². The summed E-state index contributed by atoms with van der Waals surface area (Å²) in [6.45, 7) is 3.92. The number of hydrogen-bond donors (Lipinski definition) is 3. The lowest BCUT2D eigenvalue weighted by Crippen LogP contribution is -2.26. The van der Waals surface area contributed by atoms with Gasteiger partial charge in [0.2, 0.25) is 0 Å². The SMILES string of the molecule is CCC[C@H](CO)Nc1c(C(=O)OCC)c(N)nc2cccnc12. The van der Waals surface area contributed by atoms with Gasteiger partial charge in [0.25, 0.3) is 0 Å². The summed E-state index contributed by atoms with van der Waals surface area (Å²) in [7, 11) is 0. The summed E-state index contributed by atoms with van der Waals surface area (Å²) in [4.78, 5) is 20.8. The van der Waals surface area contributed by atoms with Crippen LogP contribution in [0.25, 0.3) is 11.0 Å². The first-order valence-electron chi connectivity index (χ1n) is 7.71. The molecule has 0 aromatic carbocycles. The van der Waals surface area contributed by atoms with E-state index in [1.807, 2.05) is 6.92 Å². The van der Waals surface area contributed by atoms with Crippen LogP contribution in [0.3, 0.4) is 0 Å². The van der Waals surface area contributed by atoms with Gasteiger partial charge < -0.3 is 20.9 Å². The summed E-state index contributed by atoms with van der Waals surface area (Å²) in [6, 6.07) is 3.31. The fourth-order valence-corrected chi connectivity index (χ4v) is 2.42. The van der Waals surface area contributed by atoms with Crippen molar-refractivity contribution in [1.82, 2.24) is 9.97 Å². The molecule has 0 radical (unpaired) electrons. The van der Waals surface area contributed by atoms with Crippen molar-refractivity contribution in [3.8, 4) is 0 Å². The van der Waals surface area contributed by atoms with Crippen molar-refractivity contribution in [2.45, 2.75) is 32.7 Å². The van der Waals surface area contributed by atoms with Crippen LogP contribution in [0.5, 0.6) is 0 Å². The van der Waals surface area contributed by atoms with E-state index >= 15 is 0 Å². The normalized spacial score (nSPS) is 12.1. The molecular formula is C16H22N4O3. The van der Waals surface area contributed by atoms with Crippen LogP contribution in [0.1, 0.15) is 37.0 Å². The number of nitrogens with zero attached hydrogens (tertiary/aromatic N) is 2. The van der Waals surface area contributed by atoms with Crippen LogP contribution in [0.2, 0.25) is 0 Å². The summed E-state index contributed by atoms with van der Waals surface area (Å²) in [5, 5.41) is 12.7. The second-order valence-corrected chi connectivity index (χ2v) is 5.15. The van der Waals surface area contributed by atoms with Crippen LogP contribution in [0, 0.1) is 0 Å². The van der Waals surface area contributed by atoms with E-state index in [9.17, 15) is 9.90 Å². The third kappa shape index (κ3) is 3.68. The molecule has 0 amide bonds. The third-order valence-corrected chi connectivity index (χ3v) is 3.46. The number of aromatic nitrogens is 2. The first-order chi connectivity index (χ1) is 11.1. The molecule has 0 saturated heterocycles. The molecule has 1 atom stereocenters. The highest BCUT2D eigenvalue weighted by atomic mass is 16.5. The predicted molar refractivity (Wildman–Crippen MR) is 89.3 cm³/mol. The van der Waals surface area contributed by atoms with Crippen molar-refractivity contribution in [2.75, 3.05) is 24.3 Å². The lowest BCUT2D eigenvalue weighted by molar-refractivity contribution is 0.0528. The van der Waals surface area contributed by atoms with Crippen molar-refractivity contribution in [3.63, 3.8) is 0 Å². The van der Waals surface area contributed by atoms with E-state index < -0.39 is 5.97 Å². The average molecular weight is 318 g/mol. The number of pyridine rings is 2. The topological polar surface area (TPSA) is 110 Å². The number of hydrogen-bond acceptors (Lipinski definition) is 7. The Morgan fingerprint density at radius 3 is 2.91 bits per heavy atom. The highest BCUT2D eigenvalue weighted by molar-refractivity contribution is 6.07. The van der Waals surface area contributed by atoms with Crippen LogP contribution in [0.15, 0.2) is 18.3 Å². The zero-order chi connectivity index (χ0) is 16.8. The lowest BCUT2D eigenvalue weighted by atomic mass is 10.1. The number of ether oxygens (including phenoxy) is 1. The maximum absolute atomic E-state index is 12.3. The maximum Gasteiger partial charge on any atom is 0.344 e. The van der Waals surface area contributed by atoms with E-state index in [2.05, 4.69) is 15.3 Å². The molecule has 2 aromatic heterocycles. The van der Waals surface area contributed by atoms with E-state index in [1.165, 1.54) is 0 Å². The van der Waals surface area contributed by atoms with Crippen molar-refractivity contribution in [2.24, 2.45) is 0 Å². The minimum absolute atomic E-state index is 0.0628. The number of anilines is 2. The quantitative estimate of drug-likeness (QED) is 0.669. The van der Waals surface area contributed by atoms with Gasteiger partial charge in [0, 0.05) is 12.2 Å². The molecule has 0 unspecified atom stereocenters. The largest absolute Gasteiger partial charge is 0.462 e. The number of carbonyl (C=O) groups is 1. The summed E-state index contributed by atoms with van der Waals surface area (Å²) >= 11 is 0.